The number of nitrogens with one attached hydrogen (secondary N) is 1. The largest absolute Gasteiger partial charge is 0.353 e. The van der Waals surface area contributed by atoms with Crippen LogP contribution < -0.4 is 10.9 Å². The Labute approximate surface area is 250 Å². The third-order valence-corrected chi connectivity index (χ3v) is 9.30. The number of ketones is 1. The van der Waals surface area contributed by atoms with Gasteiger partial charge in [0.05, 0.1) is 36.2 Å². The Morgan fingerprint density at radius 1 is 1.07 bits per heavy atom. The molecule has 0 spiro atoms. The molecule has 1 atom stereocenters. The lowest BCUT2D eigenvalue weighted by Gasteiger charge is -2.34. The van der Waals surface area contributed by atoms with Crippen LogP contribution >= 0.6 is 11.3 Å². The molecule has 1 saturated heterocycles. The van der Waals surface area contributed by atoms with Gasteiger partial charge in [-0.25, -0.2) is 14.4 Å². The molecule has 2 fully saturated rings. The molecule has 11 heteroatoms. The van der Waals surface area contributed by atoms with Crippen molar-refractivity contribution in [1.82, 2.24) is 29.7 Å². The van der Waals surface area contributed by atoms with Gasteiger partial charge in [0, 0.05) is 49.8 Å². The predicted molar refractivity (Wildman–Crippen MR) is 162 cm³/mol. The minimum Gasteiger partial charge on any atom is -0.353 e. The van der Waals surface area contributed by atoms with Crippen molar-refractivity contribution >= 4 is 33.9 Å². The number of hydrogen-bond acceptors (Lipinski definition) is 8. The lowest BCUT2D eigenvalue weighted by Crippen LogP contribution is -2.49. The molecule has 3 heterocycles. The highest BCUT2D eigenvalue weighted by atomic mass is 32.1. The maximum Gasteiger partial charge on any atom is 0.261 e. The molecule has 226 valence electrons. The van der Waals surface area contributed by atoms with Crippen LogP contribution in [0.2, 0.25) is 0 Å². The summed E-state index contributed by atoms with van der Waals surface area (Å²) < 4.78 is 15.4. The molecule has 1 aromatic carbocycles. The lowest BCUT2D eigenvalue weighted by molar-refractivity contribution is -0.123. The van der Waals surface area contributed by atoms with Crippen LogP contribution in [0.4, 0.5) is 4.39 Å². The van der Waals surface area contributed by atoms with Crippen LogP contribution in [0, 0.1) is 11.7 Å². The first kappa shape index (κ1) is 30.4. The Kier molecular flexibility index (Phi) is 10.1. The molecule has 2 aromatic heterocycles. The van der Waals surface area contributed by atoms with E-state index in [1.165, 1.54) is 46.9 Å². The molecule has 0 bridgehead atoms. The zero-order chi connectivity index (χ0) is 29.6. The van der Waals surface area contributed by atoms with Crippen LogP contribution in [0.25, 0.3) is 10.9 Å². The normalized spacial score (nSPS) is 18.0. The molecule has 1 unspecified atom stereocenters. The van der Waals surface area contributed by atoms with E-state index in [2.05, 4.69) is 25.1 Å². The predicted octanol–water partition coefficient (Wildman–Crippen LogP) is 3.96. The summed E-state index contributed by atoms with van der Waals surface area (Å²) in [5.74, 6) is -0.132. The number of Topliss-reactive ketones (excluding diaryl/α,β-unsaturated/α-hetero) is 1. The van der Waals surface area contributed by atoms with E-state index in [1.54, 1.807) is 0 Å². The van der Waals surface area contributed by atoms with Crippen LogP contribution in [0.1, 0.15) is 68.3 Å². The molecular formula is C31H41FN6O3S. The second kappa shape index (κ2) is 14.0. The van der Waals surface area contributed by atoms with Gasteiger partial charge in [0.25, 0.3) is 5.56 Å². The van der Waals surface area contributed by atoms with Crippen molar-refractivity contribution in [3.8, 4) is 0 Å². The Morgan fingerprint density at radius 2 is 1.81 bits per heavy atom. The summed E-state index contributed by atoms with van der Waals surface area (Å²) >= 11 is 1.54. The molecule has 1 amide bonds. The number of carbonyl (C=O) groups excluding carboxylic acids is 2. The fourth-order valence-electron chi connectivity index (χ4n) is 6.14. The minimum absolute atomic E-state index is 0.0607. The van der Waals surface area contributed by atoms with Gasteiger partial charge in [-0.15, -0.1) is 11.3 Å². The summed E-state index contributed by atoms with van der Waals surface area (Å²) in [5.41, 5.74) is 0.0417. The summed E-state index contributed by atoms with van der Waals surface area (Å²) in [6.07, 6.45) is 9.60. The fraction of sp³-hybridized carbons (Fsp3) is 0.581. The van der Waals surface area contributed by atoms with Crippen molar-refractivity contribution in [2.75, 3.05) is 32.7 Å². The molecule has 1 saturated carbocycles. The molecule has 1 aliphatic carbocycles. The number of hydrogen-bond donors (Lipinski definition) is 1. The monoisotopic (exact) mass is 596 g/mol. The van der Waals surface area contributed by atoms with Crippen LogP contribution in [0.15, 0.2) is 35.5 Å². The third-order valence-electron chi connectivity index (χ3n) is 8.32. The Hall–Kier alpha value is -3.02. The van der Waals surface area contributed by atoms with Gasteiger partial charge < -0.3 is 5.32 Å². The van der Waals surface area contributed by atoms with Gasteiger partial charge in [-0.2, -0.15) is 0 Å². The van der Waals surface area contributed by atoms with Crippen molar-refractivity contribution in [1.29, 1.82) is 0 Å². The maximum absolute atomic E-state index is 14.0. The molecule has 1 aliphatic heterocycles. The van der Waals surface area contributed by atoms with Crippen LogP contribution in [-0.2, 0) is 22.6 Å². The van der Waals surface area contributed by atoms with E-state index in [-0.39, 0.29) is 35.1 Å². The molecule has 1 N–H and O–H groups in total. The van der Waals surface area contributed by atoms with E-state index in [9.17, 15) is 18.8 Å². The number of rotatable bonds is 11. The van der Waals surface area contributed by atoms with Gasteiger partial charge in [0.1, 0.15) is 10.8 Å². The molecule has 2 aliphatic rings. The Morgan fingerprint density at radius 3 is 2.55 bits per heavy atom. The highest BCUT2D eigenvalue weighted by Crippen LogP contribution is 2.32. The second-order valence-electron chi connectivity index (χ2n) is 12.0. The number of nitrogens with zero attached hydrogens (tertiary/aromatic N) is 5. The fourth-order valence-corrected chi connectivity index (χ4v) is 7.11. The standard InChI is InChI=1S/C31H41FN6O3S/c1-21(2)35-29(40)19-37-12-10-36(11-13-37)18-24-17-33-30(42-24)16-28(39)27(14-22-6-4-3-5-7-22)38-20-34-26-9-8-23(32)15-25(26)31(38)41/h8-9,15,17,20-22,27H,3-7,10-14,16,18-19H2,1-2H3,(H,35,40). The molecule has 9 nitrogen and oxygen atoms in total. The smallest absolute Gasteiger partial charge is 0.261 e. The summed E-state index contributed by atoms with van der Waals surface area (Å²) in [5, 5.41) is 3.88. The van der Waals surface area contributed by atoms with Gasteiger partial charge in [-0.05, 0) is 44.4 Å². The maximum atomic E-state index is 14.0. The highest BCUT2D eigenvalue weighted by molar-refractivity contribution is 7.11. The van der Waals surface area contributed by atoms with Gasteiger partial charge in [-0.1, -0.05) is 32.1 Å². The molecule has 42 heavy (non-hydrogen) atoms. The number of thiazole rings is 1. The molecular weight excluding hydrogens is 555 g/mol. The van der Waals surface area contributed by atoms with Gasteiger partial charge in [-0.3, -0.25) is 28.8 Å². The van der Waals surface area contributed by atoms with Crippen molar-refractivity contribution in [3.63, 3.8) is 0 Å². The van der Waals surface area contributed by atoms with Crippen molar-refractivity contribution in [3.05, 3.63) is 56.8 Å². The van der Waals surface area contributed by atoms with E-state index in [1.807, 2.05) is 20.0 Å². The number of halogens is 1. The van der Waals surface area contributed by atoms with Gasteiger partial charge in [0.2, 0.25) is 5.91 Å². The van der Waals surface area contributed by atoms with Gasteiger partial charge in [0.15, 0.2) is 5.78 Å². The van der Waals surface area contributed by atoms with E-state index < -0.39 is 11.9 Å². The first-order valence-corrected chi connectivity index (χ1v) is 15.9. The molecule has 0 radical (unpaired) electrons. The minimum atomic E-state index is -0.658. The number of carbonyl (C=O) groups is 2. The number of aromatic nitrogens is 3. The van der Waals surface area contributed by atoms with E-state index in [0.717, 1.165) is 68.3 Å². The van der Waals surface area contributed by atoms with Crippen LogP contribution in [0.5, 0.6) is 0 Å². The third kappa shape index (κ3) is 7.87. The highest BCUT2D eigenvalue weighted by Gasteiger charge is 2.28. The Balaban J connectivity index is 1.24. The van der Waals surface area contributed by atoms with Crippen LogP contribution in [-0.4, -0.2) is 74.8 Å². The summed E-state index contributed by atoms with van der Waals surface area (Å²) in [6.45, 7) is 8.49. The SMILES string of the molecule is CC(C)NC(=O)CN1CCN(Cc2cnc(CC(=O)C(CC3CCCCC3)n3cnc4ccc(F)cc4c3=O)s2)CC1. The summed E-state index contributed by atoms with van der Waals surface area (Å²) in [7, 11) is 0. The van der Waals surface area contributed by atoms with Gasteiger partial charge >= 0.3 is 0 Å². The average Bonchev–Trinajstić information content (AvgIpc) is 3.40. The first-order valence-electron chi connectivity index (χ1n) is 15.1. The lowest BCUT2D eigenvalue weighted by atomic mass is 9.83. The van der Waals surface area contributed by atoms with Crippen molar-refractivity contribution < 1.29 is 14.0 Å². The number of amides is 1. The van der Waals surface area contributed by atoms with E-state index >= 15 is 0 Å². The zero-order valence-electron chi connectivity index (χ0n) is 24.6. The Bertz CT molecular complexity index is 1440. The number of piperazine rings is 1. The summed E-state index contributed by atoms with van der Waals surface area (Å²) in [4.78, 5) is 53.9. The van der Waals surface area contributed by atoms with E-state index in [4.69, 9.17) is 0 Å². The number of benzene rings is 1. The summed E-state index contributed by atoms with van der Waals surface area (Å²) in [6, 6.07) is 3.47. The average molecular weight is 597 g/mol. The number of fused-ring (bicyclic) bond motifs is 1. The quantitative estimate of drug-likeness (QED) is 0.358. The molecule has 3 aromatic rings. The molecule has 5 rings (SSSR count). The van der Waals surface area contributed by atoms with Crippen LogP contribution in [0.3, 0.4) is 0 Å². The first-order chi connectivity index (χ1) is 20.2. The topological polar surface area (TPSA) is 100 Å². The van der Waals surface area contributed by atoms with E-state index in [0.29, 0.717) is 24.4 Å². The second-order valence-corrected chi connectivity index (χ2v) is 13.2. The van der Waals surface area contributed by atoms with Crippen molar-refractivity contribution in [2.24, 2.45) is 5.92 Å². The zero-order valence-corrected chi connectivity index (χ0v) is 25.4. The van der Waals surface area contributed by atoms with Crippen molar-refractivity contribution in [2.45, 2.75) is 77.4 Å².